The second-order valence-electron chi connectivity index (χ2n) is 5.78. The summed E-state index contributed by atoms with van der Waals surface area (Å²) in [6.45, 7) is 2.02. The van der Waals surface area contributed by atoms with Crippen molar-refractivity contribution < 1.29 is 4.79 Å². The monoisotopic (exact) mass is 305 g/mol. The highest BCUT2D eigenvalue weighted by Crippen LogP contribution is 2.16. The zero-order valence-corrected chi connectivity index (χ0v) is 12.9. The smallest absolute Gasteiger partial charge is 0.240 e. The predicted octanol–water partition coefficient (Wildman–Crippen LogP) is 2.45. The van der Waals surface area contributed by atoms with Gasteiger partial charge in [-0.3, -0.25) is 4.79 Å². The van der Waals surface area contributed by atoms with Crippen LogP contribution in [0.1, 0.15) is 23.1 Å². The summed E-state index contributed by atoms with van der Waals surface area (Å²) in [7, 11) is 0. The van der Waals surface area contributed by atoms with Gasteiger partial charge in [-0.1, -0.05) is 42.5 Å². The zero-order chi connectivity index (χ0) is 16.1. The normalized spacial score (nSPS) is 17.3. The second kappa shape index (κ2) is 7.08. The third-order valence-corrected chi connectivity index (χ3v) is 4.12. The Labute approximate surface area is 136 Å². The Morgan fingerprint density at radius 1 is 1.13 bits per heavy atom. The van der Waals surface area contributed by atoms with Crippen molar-refractivity contribution in [2.75, 3.05) is 6.54 Å². The van der Waals surface area contributed by atoms with E-state index in [0.717, 1.165) is 18.5 Å². The van der Waals surface area contributed by atoms with Crippen molar-refractivity contribution in [2.24, 2.45) is 0 Å². The van der Waals surface area contributed by atoms with Gasteiger partial charge in [-0.15, -0.1) is 0 Å². The number of hydrogen-bond acceptors (Lipinski definition) is 3. The van der Waals surface area contributed by atoms with Gasteiger partial charge in [0.25, 0.3) is 0 Å². The third kappa shape index (κ3) is 3.77. The second-order valence-corrected chi connectivity index (χ2v) is 5.78. The molecule has 23 heavy (non-hydrogen) atoms. The standard InChI is InChI=1S/C19H19N3O/c20-12-16-7-4-8-17(11-16)14-22-10-9-18(19(22)23)21-13-15-5-2-1-3-6-15/h1-8,11,18,21H,9-10,13-14H2/t18-/m0/s1. The zero-order valence-electron chi connectivity index (χ0n) is 12.9. The molecule has 0 aromatic heterocycles. The molecular weight excluding hydrogens is 286 g/mol. The topological polar surface area (TPSA) is 56.1 Å². The van der Waals surface area contributed by atoms with E-state index < -0.39 is 0 Å². The van der Waals surface area contributed by atoms with Crippen molar-refractivity contribution in [3.63, 3.8) is 0 Å². The number of amides is 1. The van der Waals surface area contributed by atoms with Gasteiger partial charge in [-0.2, -0.15) is 5.26 Å². The van der Waals surface area contributed by atoms with Gasteiger partial charge in [0.15, 0.2) is 0 Å². The summed E-state index contributed by atoms with van der Waals surface area (Å²) in [4.78, 5) is 14.3. The van der Waals surface area contributed by atoms with E-state index in [4.69, 9.17) is 5.26 Å². The predicted molar refractivity (Wildman–Crippen MR) is 88.3 cm³/mol. The van der Waals surface area contributed by atoms with Crippen molar-refractivity contribution >= 4 is 5.91 Å². The van der Waals surface area contributed by atoms with E-state index >= 15 is 0 Å². The van der Waals surface area contributed by atoms with Crippen molar-refractivity contribution in [2.45, 2.75) is 25.6 Å². The molecule has 0 radical (unpaired) electrons. The highest BCUT2D eigenvalue weighted by atomic mass is 16.2. The van der Waals surface area contributed by atoms with Gasteiger partial charge in [0, 0.05) is 19.6 Å². The summed E-state index contributed by atoms with van der Waals surface area (Å²) in [6, 6.07) is 19.6. The van der Waals surface area contributed by atoms with Crippen LogP contribution in [0.3, 0.4) is 0 Å². The Kier molecular flexibility index (Phi) is 4.70. The lowest BCUT2D eigenvalue weighted by Crippen LogP contribution is -2.37. The molecule has 0 bridgehead atoms. The fraction of sp³-hybridized carbons (Fsp3) is 0.263. The number of hydrogen-bond donors (Lipinski definition) is 1. The first kappa shape index (κ1) is 15.3. The molecular formula is C19H19N3O. The molecule has 4 heteroatoms. The molecule has 1 saturated heterocycles. The van der Waals surface area contributed by atoms with Gasteiger partial charge in [-0.25, -0.2) is 0 Å². The lowest BCUT2D eigenvalue weighted by atomic mass is 10.1. The van der Waals surface area contributed by atoms with Crippen LogP contribution >= 0.6 is 0 Å². The molecule has 0 aliphatic carbocycles. The van der Waals surface area contributed by atoms with Gasteiger partial charge in [0.05, 0.1) is 17.7 Å². The molecule has 1 amide bonds. The maximum Gasteiger partial charge on any atom is 0.240 e. The number of nitrogens with zero attached hydrogens (tertiary/aromatic N) is 2. The van der Waals surface area contributed by atoms with E-state index in [-0.39, 0.29) is 11.9 Å². The Morgan fingerprint density at radius 2 is 1.91 bits per heavy atom. The number of carbonyl (C=O) groups excluding carboxylic acids is 1. The fourth-order valence-corrected chi connectivity index (χ4v) is 2.88. The van der Waals surface area contributed by atoms with Crippen LogP contribution in [0.2, 0.25) is 0 Å². The number of rotatable bonds is 5. The molecule has 1 aliphatic rings. The molecule has 1 aliphatic heterocycles. The van der Waals surface area contributed by atoms with Crippen molar-refractivity contribution in [3.05, 3.63) is 71.3 Å². The Balaban J connectivity index is 1.57. The Bertz CT molecular complexity index is 721. The molecule has 3 rings (SSSR count). The van der Waals surface area contributed by atoms with Crippen LogP contribution in [-0.4, -0.2) is 23.4 Å². The highest BCUT2D eigenvalue weighted by Gasteiger charge is 2.30. The van der Waals surface area contributed by atoms with Crippen LogP contribution in [-0.2, 0) is 17.9 Å². The minimum Gasteiger partial charge on any atom is -0.337 e. The summed E-state index contributed by atoms with van der Waals surface area (Å²) in [5.41, 5.74) is 2.81. The number of carbonyl (C=O) groups is 1. The van der Waals surface area contributed by atoms with Gasteiger partial charge >= 0.3 is 0 Å². The fourth-order valence-electron chi connectivity index (χ4n) is 2.88. The SMILES string of the molecule is N#Cc1cccc(CN2CC[C@H](NCc3ccccc3)C2=O)c1. The highest BCUT2D eigenvalue weighted by molar-refractivity contribution is 5.84. The molecule has 0 spiro atoms. The summed E-state index contributed by atoms with van der Waals surface area (Å²) in [5, 5.41) is 12.3. The third-order valence-electron chi connectivity index (χ3n) is 4.12. The first-order chi connectivity index (χ1) is 11.3. The molecule has 1 fully saturated rings. The van der Waals surface area contributed by atoms with E-state index in [9.17, 15) is 4.79 Å². The lowest BCUT2D eigenvalue weighted by Gasteiger charge is -2.17. The summed E-state index contributed by atoms with van der Waals surface area (Å²) in [5.74, 6) is 0.142. The number of benzene rings is 2. The maximum atomic E-state index is 12.5. The molecule has 0 unspecified atom stereocenters. The van der Waals surface area contributed by atoms with Crippen LogP contribution in [0.25, 0.3) is 0 Å². The molecule has 2 aromatic rings. The largest absolute Gasteiger partial charge is 0.337 e. The molecule has 1 atom stereocenters. The number of nitriles is 1. The minimum atomic E-state index is -0.116. The molecule has 4 nitrogen and oxygen atoms in total. The molecule has 116 valence electrons. The van der Waals surface area contributed by atoms with E-state index in [2.05, 4.69) is 23.5 Å². The minimum absolute atomic E-state index is 0.116. The number of nitrogens with one attached hydrogen (secondary N) is 1. The van der Waals surface area contributed by atoms with Gasteiger partial charge in [0.1, 0.15) is 0 Å². The Morgan fingerprint density at radius 3 is 2.70 bits per heavy atom. The van der Waals surface area contributed by atoms with E-state index in [1.165, 1.54) is 5.56 Å². The Hall–Kier alpha value is -2.64. The van der Waals surface area contributed by atoms with E-state index in [0.29, 0.717) is 18.7 Å². The number of likely N-dealkylation sites (tertiary alicyclic amines) is 1. The van der Waals surface area contributed by atoms with Crippen LogP contribution in [0, 0.1) is 11.3 Å². The van der Waals surface area contributed by atoms with Gasteiger partial charge in [0.2, 0.25) is 5.91 Å². The molecule has 1 heterocycles. The average molecular weight is 305 g/mol. The first-order valence-corrected chi connectivity index (χ1v) is 7.81. The van der Waals surface area contributed by atoms with Gasteiger partial charge < -0.3 is 10.2 Å². The molecule has 1 N–H and O–H groups in total. The molecule has 2 aromatic carbocycles. The van der Waals surface area contributed by atoms with Crippen LogP contribution in [0.15, 0.2) is 54.6 Å². The quantitative estimate of drug-likeness (QED) is 0.923. The van der Waals surface area contributed by atoms with E-state index in [1.807, 2.05) is 41.3 Å². The van der Waals surface area contributed by atoms with Crippen LogP contribution in [0.4, 0.5) is 0 Å². The van der Waals surface area contributed by atoms with Crippen LogP contribution < -0.4 is 5.32 Å². The first-order valence-electron chi connectivity index (χ1n) is 7.81. The van der Waals surface area contributed by atoms with E-state index in [1.54, 1.807) is 6.07 Å². The molecule has 0 saturated carbocycles. The maximum absolute atomic E-state index is 12.5. The summed E-state index contributed by atoms with van der Waals surface area (Å²) in [6.07, 6.45) is 0.823. The summed E-state index contributed by atoms with van der Waals surface area (Å²) < 4.78 is 0. The van der Waals surface area contributed by atoms with Crippen molar-refractivity contribution in [1.29, 1.82) is 5.26 Å². The average Bonchev–Trinajstić information content (AvgIpc) is 2.94. The van der Waals surface area contributed by atoms with Gasteiger partial charge in [-0.05, 0) is 29.7 Å². The van der Waals surface area contributed by atoms with Crippen molar-refractivity contribution in [3.8, 4) is 6.07 Å². The lowest BCUT2D eigenvalue weighted by molar-refractivity contribution is -0.129. The van der Waals surface area contributed by atoms with Crippen LogP contribution in [0.5, 0.6) is 0 Å². The summed E-state index contributed by atoms with van der Waals surface area (Å²) >= 11 is 0. The van der Waals surface area contributed by atoms with Crippen molar-refractivity contribution in [1.82, 2.24) is 10.2 Å².